The Kier molecular flexibility index (Phi) is 6.91. The average Bonchev–Trinajstić information content (AvgIpc) is 3.46. The maximum absolute atomic E-state index is 13.1. The Labute approximate surface area is 201 Å². The fourth-order valence-corrected chi connectivity index (χ4v) is 4.13. The van der Waals surface area contributed by atoms with Crippen molar-refractivity contribution in [2.24, 2.45) is 0 Å². The van der Waals surface area contributed by atoms with Crippen LogP contribution in [0.4, 0.5) is 5.69 Å². The number of hydrogen-bond donors (Lipinski definition) is 1. The number of rotatable bonds is 9. The van der Waals surface area contributed by atoms with Gasteiger partial charge < -0.3 is 19.3 Å². The highest BCUT2D eigenvalue weighted by Gasteiger charge is 2.45. The Morgan fingerprint density at radius 2 is 1.94 bits per heavy atom. The number of aliphatic hydroxyl groups excluding tert-OH is 1. The van der Waals surface area contributed by atoms with E-state index in [-0.39, 0.29) is 23.6 Å². The zero-order valence-corrected chi connectivity index (χ0v) is 19.0. The lowest BCUT2D eigenvalue weighted by molar-refractivity contribution is -0.384. The molecule has 1 fully saturated rings. The van der Waals surface area contributed by atoms with Crippen LogP contribution < -0.4 is 4.74 Å². The maximum atomic E-state index is 13.1. The number of aryl methyl sites for hydroxylation is 1. The van der Waals surface area contributed by atoms with Crippen LogP contribution >= 0.6 is 0 Å². The smallest absolute Gasteiger partial charge is 0.295 e. The first-order chi connectivity index (χ1) is 16.9. The van der Waals surface area contributed by atoms with Gasteiger partial charge >= 0.3 is 0 Å². The molecule has 0 bridgehead atoms. The van der Waals surface area contributed by atoms with Crippen LogP contribution in [0.2, 0.25) is 0 Å². The summed E-state index contributed by atoms with van der Waals surface area (Å²) in [4.78, 5) is 42.2. The van der Waals surface area contributed by atoms with Crippen LogP contribution in [-0.4, -0.2) is 49.3 Å². The molecular weight excluding hydrogens is 452 g/mol. The molecule has 1 atom stereocenters. The number of hydrogen-bond acceptors (Lipinski definition) is 7. The first-order valence-electron chi connectivity index (χ1n) is 11.1. The van der Waals surface area contributed by atoms with Crippen molar-refractivity contribution in [3.63, 3.8) is 0 Å². The number of nitro benzene ring substituents is 1. The lowest BCUT2D eigenvalue weighted by Gasteiger charge is -2.25. The molecule has 1 aromatic heterocycles. The van der Waals surface area contributed by atoms with Crippen molar-refractivity contribution in [1.29, 1.82) is 0 Å². The Hall–Kier alpha value is -4.47. The number of Topliss-reactive ketones (excluding diaryl/α,β-unsaturated/α-hetero) is 1. The van der Waals surface area contributed by atoms with Gasteiger partial charge in [-0.1, -0.05) is 12.1 Å². The molecule has 1 aliphatic heterocycles. The second-order valence-corrected chi connectivity index (χ2v) is 7.96. The number of ether oxygens (including phenoxy) is 1. The highest BCUT2D eigenvalue weighted by Crippen LogP contribution is 2.40. The normalized spacial score (nSPS) is 17.1. The lowest BCUT2D eigenvalue weighted by atomic mass is 9.95. The maximum Gasteiger partial charge on any atom is 0.295 e. The van der Waals surface area contributed by atoms with Crippen LogP contribution in [0.1, 0.15) is 30.5 Å². The summed E-state index contributed by atoms with van der Waals surface area (Å²) < 4.78 is 7.35. The predicted molar refractivity (Wildman–Crippen MR) is 127 cm³/mol. The number of carbonyl (C=O) groups excluding carboxylic acids is 2. The van der Waals surface area contributed by atoms with E-state index in [0.29, 0.717) is 36.4 Å². The van der Waals surface area contributed by atoms with E-state index in [9.17, 15) is 24.8 Å². The number of aromatic nitrogens is 2. The van der Waals surface area contributed by atoms with E-state index >= 15 is 0 Å². The fraction of sp³-hybridized carbons (Fsp3) is 0.240. The zero-order valence-electron chi connectivity index (χ0n) is 19.0. The molecule has 2 heterocycles. The van der Waals surface area contributed by atoms with Gasteiger partial charge in [-0.25, -0.2) is 4.98 Å². The number of non-ortho nitro benzene ring substituents is 1. The summed E-state index contributed by atoms with van der Waals surface area (Å²) in [5.41, 5.74) is 0.634. The van der Waals surface area contributed by atoms with Crippen molar-refractivity contribution >= 4 is 23.1 Å². The van der Waals surface area contributed by atoms with Gasteiger partial charge in [0.15, 0.2) is 0 Å². The molecule has 10 heteroatoms. The molecule has 10 nitrogen and oxygen atoms in total. The van der Waals surface area contributed by atoms with Crippen LogP contribution in [-0.2, 0) is 16.1 Å². The van der Waals surface area contributed by atoms with Crippen LogP contribution in [0, 0.1) is 10.1 Å². The van der Waals surface area contributed by atoms with Crippen molar-refractivity contribution in [1.82, 2.24) is 14.5 Å². The van der Waals surface area contributed by atoms with E-state index in [4.69, 9.17) is 4.74 Å². The molecule has 1 amide bonds. The molecule has 0 spiro atoms. The SMILES string of the molecule is CCOc1cccc(C(O)=C2C(=O)C(=O)N(CCCn3ccnc3)C2c2ccc([N+](=O)[O-])cc2)c1. The number of aliphatic hydroxyl groups is 1. The minimum Gasteiger partial charge on any atom is -0.507 e. The number of likely N-dealkylation sites (tertiary alicyclic amines) is 1. The zero-order chi connectivity index (χ0) is 24.9. The topological polar surface area (TPSA) is 128 Å². The predicted octanol–water partition coefficient (Wildman–Crippen LogP) is 3.70. The monoisotopic (exact) mass is 476 g/mol. The van der Waals surface area contributed by atoms with Crippen LogP contribution in [0.25, 0.3) is 5.76 Å². The Balaban J connectivity index is 1.74. The summed E-state index contributed by atoms with van der Waals surface area (Å²) in [6.45, 7) is 3.07. The van der Waals surface area contributed by atoms with Gasteiger partial charge in [0.05, 0.1) is 29.5 Å². The van der Waals surface area contributed by atoms with Gasteiger partial charge in [0, 0.05) is 43.2 Å². The fourth-order valence-electron chi connectivity index (χ4n) is 4.13. The van der Waals surface area contributed by atoms with Crippen molar-refractivity contribution in [2.75, 3.05) is 13.2 Å². The second-order valence-electron chi connectivity index (χ2n) is 7.96. The number of amides is 1. The van der Waals surface area contributed by atoms with Gasteiger partial charge in [-0.3, -0.25) is 19.7 Å². The second kappa shape index (κ2) is 10.2. The number of carbonyl (C=O) groups is 2. The van der Waals surface area contributed by atoms with Crippen molar-refractivity contribution in [3.8, 4) is 5.75 Å². The summed E-state index contributed by atoms with van der Waals surface area (Å²) in [6, 6.07) is 11.4. The number of nitrogens with zero attached hydrogens (tertiary/aromatic N) is 4. The van der Waals surface area contributed by atoms with E-state index in [1.165, 1.54) is 29.2 Å². The third kappa shape index (κ3) is 4.91. The number of ketones is 1. The van der Waals surface area contributed by atoms with Gasteiger partial charge in [0.2, 0.25) is 0 Å². The Morgan fingerprint density at radius 1 is 1.17 bits per heavy atom. The molecule has 180 valence electrons. The molecule has 2 aromatic carbocycles. The van der Waals surface area contributed by atoms with Crippen molar-refractivity contribution in [2.45, 2.75) is 25.9 Å². The molecule has 4 rings (SSSR count). The molecule has 1 unspecified atom stereocenters. The molecule has 1 saturated heterocycles. The minimum absolute atomic E-state index is 0.0693. The van der Waals surface area contributed by atoms with Gasteiger partial charge in [-0.2, -0.15) is 0 Å². The van der Waals surface area contributed by atoms with E-state index < -0.39 is 22.7 Å². The highest BCUT2D eigenvalue weighted by molar-refractivity contribution is 6.46. The number of imidazole rings is 1. The van der Waals surface area contributed by atoms with E-state index in [0.717, 1.165) is 0 Å². The standard InChI is InChI=1S/C25H24N4O6/c1-2-35-20-6-3-5-18(15-20)23(30)21-22(17-7-9-19(10-8-17)29(33)34)28(25(32)24(21)31)13-4-12-27-14-11-26-16-27/h3,5-11,14-16,22,30H,2,4,12-13H2,1H3. The summed E-state index contributed by atoms with van der Waals surface area (Å²) >= 11 is 0. The van der Waals surface area contributed by atoms with E-state index in [2.05, 4.69) is 4.98 Å². The third-order valence-electron chi connectivity index (χ3n) is 5.75. The first-order valence-corrected chi connectivity index (χ1v) is 11.1. The average molecular weight is 476 g/mol. The number of nitro groups is 1. The molecule has 3 aromatic rings. The van der Waals surface area contributed by atoms with E-state index in [1.807, 2.05) is 11.5 Å². The lowest BCUT2D eigenvalue weighted by Crippen LogP contribution is -2.31. The summed E-state index contributed by atoms with van der Waals surface area (Å²) in [6.07, 6.45) is 5.65. The molecule has 0 radical (unpaired) electrons. The molecule has 0 aliphatic carbocycles. The minimum atomic E-state index is -0.894. The molecule has 1 N–H and O–H groups in total. The number of benzene rings is 2. The van der Waals surface area contributed by atoms with Crippen molar-refractivity contribution < 1.29 is 24.4 Å². The van der Waals surface area contributed by atoms with Crippen LogP contribution in [0.3, 0.4) is 0 Å². The van der Waals surface area contributed by atoms with Crippen molar-refractivity contribution in [3.05, 3.63) is 94.1 Å². The Bertz CT molecular complexity index is 1270. The largest absolute Gasteiger partial charge is 0.507 e. The Morgan fingerprint density at radius 3 is 2.60 bits per heavy atom. The summed E-state index contributed by atoms with van der Waals surface area (Å²) in [5, 5.41) is 22.3. The highest BCUT2D eigenvalue weighted by atomic mass is 16.6. The van der Waals surface area contributed by atoms with Gasteiger partial charge in [-0.05, 0) is 43.2 Å². The van der Waals surface area contributed by atoms with Crippen LogP contribution in [0.5, 0.6) is 5.75 Å². The summed E-state index contributed by atoms with van der Waals surface area (Å²) in [7, 11) is 0. The molecule has 1 aliphatic rings. The molecule has 35 heavy (non-hydrogen) atoms. The molecular formula is C25H24N4O6. The first kappa shape index (κ1) is 23.7. The van der Waals surface area contributed by atoms with E-state index in [1.54, 1.807) is 43.0 Å². The van der Waals surface area contributed by atoms with Gasteiger partial charge in [0.25, 0.3) is 17.4 Å². The quantitative estimate of drug-likeness (QED) is 0.164. The molecule has 0 saturated carbocycles. The summed E-state index contributed by atoms with van der Waals surface area (Å²) in [5.74, 6) is -1.36. The van der Waals surface area contributed by atoms with Crippen LogP contribution in [0.15, 0.2) is 72.8 Å². The third-order valence-corrected chi connectivity index (χ3v) is 5.75. The van der Waals surface area contributed by atoms with Gasteiger partial charge in [-0.15, -0.1) is 0 Å². The van der Waals surface area contributed by atoms with Gasteiger partial charge in [0.1, 0.15) is 11.5 Å².